The molecule has 0 aromatic heterocycles. The second-order valence-corrected chi connectivity index (χ2v) is 7.03. The van der Waals surface area contributed by atoms with Crippen LogP contribution in [0.2, 0.25) is 0 Å². The highest BCUT2D eigenvalue weighted by Gasteiger charge is 2.42. The fraction of sp³-hybridized carbons (Fsp3) is 0.154. The van der Waals surface area contributed by atoms with E-state index in [0.29, 0.717) is 22.4 Å². The average Bonchev–Trinajstić information content (AvgIpc) is 2.85. The molecule has 0 saturated carbocycles. The van der Waals surface area contributed by atoms with Crippen molar-refractivity contribution in [2.24, 2.45) is 5.10 Å². The van der Waals surface area contributed by atoms with Crippen molar-refractivity contribution in [3.63, 3.8) is 0 Å². The lowest BCUT2D eigenvalue weighted by Crippen LogP contribution is -2.36. The van der Waals surface area contributed by atoms with Crippen LogP contribution < -0.4 is 5.43 Å². The number of ketones is 1. The minimum absolute atomic E-state index is 0.186. The number of hydrogen-bond donors (Lipinski definition) is 1. The number of nitrogens with one attached hydrogen (secondary N) is 1. The van der Waals surface area contributed by atoms with E-state index < -0.39 is 11.4 Å². The zero-order valence-corrected chi connectivity index (χ0v) is 17.9. The molecule has 0 amide bonds. The van der Waals surface area contributed by atoms with Crippen LogP contribution in [0.3, 0.4) is 0 Å². The number of anilines is 1. The van der Waals surface area contributed by atoms with Crippen molar-refractivity contribution in [3.05, 3.63) is 102 Å². The Morgan fingerprint density at radius 2 is 1.50 bits per heavy atom. The third-order valence-electron chi connectivity index (χ3n) is 4.99. The van der Waals surface area contributed by atoms with E-state index in [1.165, 1.54) is 0 Å². The van der Waals surface area contributed by atoms with Crippen molar-refractivity contribution >= 4 is 23.2 Å². The van der Waals surface area contributed by atoms with E-state index in [9.17, 15) is 14.9 Å². The molecule has 3 rings (SSSR count). The monoisotopic (exact) mass is 425 g/mol. The van der Waals surface area contributed by atoms with E-state index in [-0.39, 0.29) is 18.1 Å². The number of rotatable bonds is 8. The molecule has 6 nitrogen and oxygen atoms in total. The number of nitrogens with zero attached hydrogens (tertiary/aromatic N) is 2. The van der Waals surface area contributed by atoms with Gasteiger partial charge in [0, 0.05) is 5.56 Å². The summed E-state index contributed by atoms with van der Waals surface area (Å²) in [5.41, 5.74) is 3.66. The quantitative estimate of drug-likeness (QED) is 0.244. The first-order valence-corrected chi connectivity index (χ1v) is 10.2. The molecule has 3 aromatic rings. The third-order valence-corrected chi connectivity index (χ3v) is 4.99. The number of Topliss-reactive ketones (excluding diaryl/α,β-unsaturated/α-hetero) is 1. The molecule has 0 radical (unpaired) electrons. The molecule has 0 heterocycles. The Morgan fingerprint density at radius 3 is 2.06 bits per heavy atom. The molecule has 0 saturated heterocycles. The van der Waals surface area contributed by atoms with Crippen LogP contribution in [0.25, 0.3) is 0 Å². The largest absolute Gasteiger partial charge is 0.461 e. The van der Waals surface area contributed by atoms with E-state index in [0.717, 1.165) is 0 Å². The maximum Gasteiger partial charge on any atom is 0.354 e. The van der Waals surface area contributed by atoms with Crippen LogP contribution in [-0.2, 0) is 14.9 Å². The summed E-state index contributed by atoms with van der Waals surface area (Å²) < 4.78 is 4.90. The van der Waals surface area contributed by atoms with Gasteiger partial charge < -0.3 is 4.74 Å². The zero-order chi connectivity index (χ0) is 23.0. The van der Waals surface area contributed by atoms with Crippen LogP contribution in [0.4, 0.5) is 5.69 Å². The number of nitriles is 1. The summed E-state index contributed by atoms with van der Waals surface area (Å²) in [6.45, 7) is 3.54. The Labute approximate surface area is 187 Å². The van der Waals surface area contributed by atoms with E-state index in [2.05, 4.69) is 16.6 Å². The minimum atomic E-state index is -1.51. The normalized spacial score (nSPS) is 12.8. The molecule has 160 valence electrons. The van der Waals surface area contributed by atoms with Crippen LogP contribution in [0.15, 0.2) is 90.0 Å². The molecule has 1 N–H and O–H groups in total. The van der Waals surface area contributed by atoms with Crippen molar-refractivity contribution in [2.75, 3.05) is 12.0 Å². The Bertz CT molecular complexity index is 1150. The van der Waals surface area contributed by atoms with Crippen LogP contribution in [0.5, 0.6) is 0 Å². The number of benzene rings is 3. The lowest BCUT2D eigenvalue weighted by atomic mass is 9.70. The van der Waals surface area contributed by atoms with Crippen molar-refractivity contribution in [2.45, 2.75) is 19.3 Å². The van der Waals surface area contributed by atoms with E-state index in [1.807, 2.05) is 24.3 Å². The molecular formula is C26H23N3O3. The lowest BCUT2D eigenvalue weighted by Gasteiger charge is -2.26. The smallest absolute Gasteiger partial charge is 0.354 e. The molecule has 1 atom stereocenters. The summed E-state index contributed by atoms with van der Waals surface area (Å²) in [6.07, 6.45) is 0. The predicted octanol–water partition coefficient (Wildman–Crippen LogP) is 4.73. The number of hydrogen-bond acceptors (Lipinski definition) is 6. The van der Waals surface area contributed by atoms with Crippen LogP contribution in [0.1, 0.15) is 35.3 Å². The van der Waals surface area contributed by atoms with Gasteiger partial charge in [-0.1, -0.05) is 72.8 Å². The fourth-order valence-corrected chi connectivity index (χ4v) is 3.33. The summed E-state index contributed by atoms with van der Waals surface area (Å²) >= 11 is 0. The van der Waals surface area contributed by atoms with Gasteiger partial charge in [-0.25, -0.2) is 4.79 Å². The van der Waals surface area contributed by atoms with Gasteiger partial charge in [0.25, 0.3) is 0 Å². The highest BCUT2D eigenvalue weighted by Crippen LogP contribution is 2.36. The van der Waals surface area contributed by atoms with E-state index >= 15 is 0 Å². The van der Waals surface area contributed by atoms with Gasteiger partial charge in [0.05, 0.1) is 18.4 Å². The first-order valence-electron chi connectivity index (χ1n) is 10.2. The highest BCUT2D eigenvalue weighted by molar-refractivity contribution is 6.35. The second-order valence-electron chi connectivity index (χ2n) is 7.03. The van der Waals surface area contributed by atoms with Gasteiger partial charge in [-0.2, -0.15) is 10.4 Å². The summed E-state index contributed by atoms with van der Waals surface area (Å²) in [7, 11) is 0. The second kappa shape index (κ2) is 10.2. The first-order chi connectivity index (χ1) is 15.5. The standard InChI is InChI=1S/C26H23N3O3/c1-3-32-25(31)19(2)28-29-23-16-14-22(15-17-23)26(18-27,21-12-8-5-9-13-21)24(30)20-10-6-4-7-11-20/h4-17,29H,3H2,1-2H3/b28-19+. The van der Waals surface area contributed by atoms with Crippen molar-refractivity contribution in [1.29, 1.82) is 5.26 Å². The van der Waals surface area contributed by atoms with Gasteiger partial charge in [0.2, 0.25) is 0 Å². The zero-order valence-electron chi connectivity index (χ0n) is 17.9. The molecule has 0 aliphatic rings. The maximum atomic E-state index is 13.6. The van der Waals surface area contributed by atoms with Gasteiger partial charge in [0.15, 0.2) is 11.2 Å². The fourth-order valence-electron chi connectivity index (χ4n) is 3.33. The molecule has 32 heavy (non-hydrogen) atoms. The highest BCUT2D eigenvalue weighted by atomic mass is 16.5. The average molecular weight is 425 g/mol. The number of carbonyl (C=O) groups excluding carboxylic acids is 2. The molecule has 1 unspecified atom stereocenters. The Kier molecular flexibility index (Phi) is 7.14. The van der Waals surface area contributed by atoms with E-state index in [4.69, 9.17) is 4.74 Å². The van der Waals surface area contributed by atoms with Crippen LogP contribution in [-0.4, -0.2) is 24.1 Å². The van der Waals surface area contributed by atoms with Gasteiger partial charge in [-0.05, 0) is 37.1 Å². The summed E-state index contributed by atoms with van der Waals surface area (Å²) in [5, 5.41) is 14.3. The van der Waals surface area contributed by atoms with Crippen LogP contribution in [0, 0.1) is 11.3 Å². The number of esters is 1. The molecular weight excluding hydrogens is 402 g/mol. The molecule has 3 aromatic carbocycles. The Morgan fingerprint density at radius 1 is 0.938 bits per heavy atom. The van der Waals surface area contributed by atoms with Crippen molar-refractivity contribution in [3.8, 4) is 6.07 Å². The van der Waals surface area contributed by atoms with Crippen molar-refractivity contribution in [1.82, 2.24) is 0 Å². The third kappa shape index (κ3) is 4.57. The Balaban J connectivity index is 2.00. The van der Waals surface area contributed by atoms with Gasteiger partial charge in [-0.15, -0.1) is 0 Å². The summed E-state index contributed by atoms with van der Waals surface area (Å²) in [4.78, 5) is 25.3. The van der Waals surface area contributed by atoms with Gasteiger partial charge >= 0.3 is 5.97 Å². The minimum Gasteiger partial charge on any atom is -0.461 e. The Hall–Kier alpha value is -4.24. The number of ether oxygens (including phenoxy) is 1. The van der Waals surface area contributed by atoms with Crippen LogP contribution >= 0.6 is 0 Å². The number of carbonyl (C=O) groups is 2. The summed E-state index contributed by atoms with van der Waals surface area (Å²) in [6, 6.07) is 27.0. The molecule has 0 spiro atoms. The topological polar surface area (TPSA) is 91.5 Å². The molecule has 0 bridgehead atoms. The maximum absolute atomic E-state index is 13.6. The lowest BCUT2D eigenvalue weighted by molar-refractivity contribution is -0.135. The predicted molar refractivity (Wildman–Crippen MR) is 123 cm³/mol. The van der Waals surface area contributed by atoms with Gasteiger partial charge in [-0.3, -0.25) is 10.2 Å². The first kappa shape index (κ1) is 22.4. The molecule has 0 fully saturated rings. The van der Waals surface area contributed by atoms with Crippen molar-refractivity contribution < 1.29 is 14.3 Å². The van der Waals surface area contributed by atoms with Gasteiger partial charge in [0.1, 0.15) is 5.71 Å². The summed E-state index contributed by atoms with van der Waals surface area (Å²) in [5.74, 6) is -0.804. The number of hydrazone groups is 1. The SMILES string of the molecule is CCOC(=O)/C(C)=N/Nc1ccc(C(C#N)(C(=O)c2ccccc2)c2ccccc2)cc1. The molecule has 6 heteroatoms. The molecule has 0 aliphatic carbocycles. The molecule has 0 aliphatic heterocycles. The van der Waals surface area contributed by atoms with E-state index in [1.54, 1.807) is 74.5 Å².